The van der Waals surface area contributed by atoms with Crippen molar-refractivity contribution in [3.05, 3.63) is 22.4 Å². The molecule has 0 aromatic carbocycles. The smallest absolute Gasteiger partial charge is 0.315 e. The van der Waals surface area contributed by atoms with Gasteiger partial charge in [0, 0.05) is 23.8 Å². The van der Waals surface area contributed by atoms with E-state index in [9.17, 15) is 14.4 Å². The molecule has 2 saturated heterocycles. The molecule has 3 aliphatic rings. The Morgan fingerprint density at radius 3 is 2.62 bits per heavy atom. The average molecular weight is 377 g/mol. The Labute approximate surface area is 157 Å². The maximum atomic E-state index is 12.7. The lowest BCUT2D eigenvalue weighted by atomic mass is 9.78. The molecule has 0 bridgehead atoms. The van der Waals surface area contributed by atoms with Crippen molar-refractivity contribution < 1.29 is 19.3 Å². The van der Waals surface area contributed by atoms with E-state index in [4.69, 9.17) is 0 Å². The number of nitrogens with one attached hydrogen (secondary N) is 1. The molecular weight excluding hydrogens is 350 g/mol. The van der Waals surface area contributed by atoms with Gasteiger partial charge in [-0.3, -0.25) is 14.5 Å². The Morgan fingerprint density at radius 2 is 1.81 bits per heavy atom. The summed E-state index contributed by atoms with van der Waals surface area (Å²) in [4.78, 5) is 42.2. The van der Waals surface area contributed by atoms with Crippen LogP contribution in [-0.4, -0.2) is 53.4 Å². The highest BCUT2D eigenvalue weighted by Gasteiger charge is 2.47. The molecule has 140 valence electrons. The Morgan fingerprint density at radius 1 is 1.04 bits per heavy atom. The fourth-order valence-corrected chi connectivity index (χ4v) is 5.53. The minimum atomic E-state index is -0.664. The standard InChI is InChI=1S/C19H25N3O3S/c23-17-18(24)22(19(25)21(17)11-9-15-7-4-12-26-15)13-20-10-3-6-14-5-1-2-8-16(14)20/h4,7,12,14,16H,1-3,5-6,8-11,13H2/p+1/t14-,16+/m1/s1. The first-order valence-corrected chi connectivity index (χ1v) is 10.6. The van der Waals surface area contributed by atoms with Gasteiger partial charge in [0.2, 0.25) is 0 Å². The van der Waals surface area contributed by atoms with E-state index in [2.05, 4.69) is 0 Å². The van der Waals surface area contributed by atoms with Gasteiger partial charge in [-0.2, -0.15) is 0 Å². The molecule has 1 N–H and O–H groups in total. The quantitative estimate of drug-likeness (QED) is 0.622. The molecule has 4 rings (SSSR count). The molecule has 3 fully saturated rings. The highest BCUT2D eigenvalue weighted by atomic mass is 32.1. The van der Waals surface area contributed by atoms with Gasteiger partial charge in [-0.15, -0.1) is 11.3 Å². The van der Waals surface area contributed by atoms with Crippen LogP contribution in [0.3, 0.4) is 0 Å². The Hall–Kier alpha value is -1.73. The minimum Gasteiger partial charge on any atom is -0.315 e. The van der Waals surface area contributed by atoms with Gasteiger partial charge in [0.05, 0.1) is 12.6 Å². The summed E-state index contributed by atoms with van der Waals surface area (Å²) in [6.07, 6.45) is 7.99. The highest BCUT2D eigenvalue weighted by Crippen LogP contribution is 2.28. The van der Waals surface area contributed by atoms with Crippen LogP contribution in [0, 0.1) is 5.92 Å². The van der Waals surface area contributed by atoms with Gasteiger partial charge in [0.1, 0.15) is 0 Å². The molecule has 1 saturated carbocycles. The Kier molecular flexibility index (Phi) is 5.09. The zero-order valence-corrected chi connectivity index (χ0v) is 15.8. The van der Waals surface area contributed by atoms with Crippen LogP contribution in [0.1, 0.15) is 43.4 Å². The largest absolute Gasteiger partial charge is 0.338 e. The van der Waals surface area contributed by atoms with Gasteiger partial charge in [0.25, 0.3) is 0 Å². The van der Waals surface area contributed by atoms with Crippen molar-refractivity contribution >= 4 is 29.2 Å². The van der Waals surface area contributed by atoms with Crippen LogP contribution >= 0.6 is 11.3 Å². The molecule has 4 amide bonds. The van der Waals surface area contributed by atoms with Gasteiger partial charge in [-0.1, -0.05) is 12.5 Å². The van der Waals surface area contributed by atoms with Crippen molar-refractivity contribution in [2.24, 2.45) is 5.92 Å². The van der Waals surface area contributed by atoms with Gasteiger partial charge >= 0.3 is 17.8 Å². The molecule has 26 heavy (non-hydrogen) atoms. The van der Waals surface area contributed by atoms with Crippen LogP contribution in [0.5, 0.6) is 0 Å². The third-order valence-electron chi connectivity index (χ3n) is 6.16. The summed E-state index contributed by atoms with van der Waals surface area (Å²) in [6, 6.07) is 4.04. The number of quaternary nitrogens is 1. The fraction of sp³-hybridized carbons (Fsp3) is 0.632. The van der Waals surface area contributed by atoms with Crippen LogP contribution in [0.15, 0.2) is 17.5 Å². The number of amides is 4. The van der Waals surface area contributed by atoms with Crippen LogP contribution in [0.2, 0.25) is 0 Å². The number of rotatable bonds is 5. The first-order chi connectivity index (χ1) is 12.6. The SMILES string of the molecule is O=C1C(=O)N(C[NH+]2CCC[C@H]3CCCC[C@@H]32)C(=O)N1CCc1cccs1. The topological polar surface area (TPSA) is 62.1 Å². The third kappa shape index (κ3) is 3.30. The van der Waals surface area contributed by atoms with E-state index in [1.54, 1.807) is 11.3 Å². The molecule has 6 nitrogen and oxygen atoms in total. The van der Waals surface area contributed by atoms with E-state index < -0.39 is 17.8 Å². The molecular formula is C19H26N3O3S+. The lowest BCUT2D eigenvalue weighted by Crippen LogP contribution is -3.19. The molecule has 0 radical (unpaired) electrons. The summed E-state index contributed by atoms with van der Waals surface area (Å²) in [6.45, 7) is 1.61. The first-order valence-electron chi connectivity index (χ1n) is 9.69. The molecule has 0 spiro atoms. The average Bonchev–Trinajstić information content (AvgIpc) is 3.24. The molecule has 2 aliphatic heterocycles. The summed E-state index contributed by atoms with van der Waals surface area (Å²) < 4.78 is 0. The van der Waals surface area contributed by atoms with E-state index in [0.717, 1.165) is 22.7 Å². The maximum Gasteiger partial charge on any atom is 0.338 e. The van der Waals surface area contributed by atoms with E-state index >= 15 is 0 Å². The minimum absolute atomic E-state index is 0.280. The molecule has 1 aromatic heterocycles. The summed E-state index contributed by atoms with van der Waals surface area (Å²) in [5.74, 6) is -0.597. The van der Waals surface area contributed by atoms with E-state index in [1.807, 2.05) is 17.5 Å². The number of piperidine rings is 1. The number of carbonyl (C=O) groups is 3. The number of urea groups is 1. The normalized spacial score (nSPS) is 29.4. The van der Waals surface area contributed by atoms with Crippen molar-refractivity contribution in [1.29, 1.82) is 0 Å². The Balaban J connectivity index is 1.42. The number of nitrogens with zero attached hydrogens (tertiary/aromatic N) is 2. The van der Waals surface area contributed by atoms with E-state index in [0.29, 0.717) is 25.0 Å². The molecule has 1 aliphatic carbocycles. The van der Waals surface area contributed by atoms with Gasteiger partial charge < -0.3 is 4.90 Å². The van der Waals surface area contributed by atoms with Crippen molar-refractivity contribution in [1.82, 2.24) is 9.80 Å². The van der Waals surface area contributed by atoms with Gasteiger partial charge in [0.15, 0.2) is 6.67 Å². The molecule has 7 heteroatoms. The van der Waals surface area contributed by atoms with Crippen molar-refractivity contribution in [2.45, 2.75) is 51.0 Å². The summed E-state index contributed by atoms with van der Waals surface area (Å²) in [7, 11) is 0. The highest BCUT2D eigenvalue weighted by molar-refractivity contribution is 7.09. The van der Waals surface area contributed by atoms with Gasteiger partial charge in [-0.05, 0) is 43.6 Å². The lowest BCUT2D eigenvalue weighted by molar-refractivity contribution is -0.942. The maximum absolute atomic E-state index is 12.7. The second kappa shape index (κ2) is 7.48. The zero-order chi connectivity index (χ0) is 18.1. The van der Waals surface area contributed by atoms with Gasteiger partial charge in [-0.25, -0.2) is 9.69 Å². The summed E-state index contributed by atoms with van der Waals surface area (Å²) in [5, 5.41) is 1.97. The second-order valence-electron chi connectivity index (χ2n) is 7.66. The fourth-order valence-electron chi connectivity index (χ4n) is 4.83. The summed E-state index contributed by atoms with van der Waals surface area (Å²) >= 11 is 1.60. The van der Waals surface area contributed by atoms with E-state index in [-0.39, 0.29) is 6.54 Å². The van der Waals surface area contributed by atoms with Crippen molar-refractivity contribution in [3.8, 4) is 0 Å². The molecule has 3 atom stereocenters. The number of imide groups is 2. The number of thiophene rings is 1. The number of hydrogen-bond donors (Lipinski definition) is 1. The molecule has 3 heterocycles. The monoisotopic (exact) mass is 376 g/mol. The third-order valence-corrected chi connectivity index (χ3v) is 7.10. The number of hydrogen-bond acceptors (Lipinski definition) is 4. The zero-order valence-electron chi connectivity index (χ0n) is 15.0. The van der Waals surface area contributed by atoms with Crippen molar-refractivity contribution in [3.63, 3.8) is 0 Å². The predicted molar refractivity (Wildman–Crippen MR) is 97.7 cm³/mol. The van der Waals surface area contributed by atoms with E-state index in [1.165, 1.54) is 41.9 Å². The van der Waals surface area contributed by atoms with Crippen LogP contribution in [0.25, 0.3) is 0 Å². The van der Waals surface area contributed by atoms with Crippen LogP contribution < -0.4 is 4.90 Å². The first kappa shape index (κ1) is 17.7. The van der Waals surface area contributed by atoms with Crippen molar-refractivity contribution in [2.75, 3.05) is 19.8 Å². The van der Waals surface area contributed by atoms with Crippen LogP contribution in [0.4, 0.5) is 4.79 Å². The number of carbonyl (C=O) groups excluding carboxylic acids is 3. The number of fused-ring (bicyclic) bond motifs is 1. The lowest BCUT2D eigenvalue weighted by Gasteiger charge is -2.41. The molecule has 1 aromatic rings. The second-order valence-corrected chi connectivity index (χ2v) is 8.69. The Bertz CT molecular complexity index is 688. The predicted octanol–water partition coefficient (Wildman–Crippen LogP) is 1.28. The number of likely N-dealkylation sites (tertiary alicyclic amines) is 1. The van der Waals surface area contributed by atoms with Crippen LogP contribution in [-0.2, 0) is 16.0 Å². The summed E-state index contributed by atoms with van der Waals surface area (Å²) in [5.41, 5.74) is 0. The molecule has 1 unspecified atom stereocenters.